The van der Waals surface area contributed by atoms with Crippen LogP contribution in [0.15, 0.2) is 24.3 Å². The van der Waals surface area contributed by atoms with Gasteiger partial charge in [-0.25, -0.2) is 0 Å². The Bertz CT molecular complexity index is 711. The molecule has 2 aliphatic rings. The van der Waals surface area contributed by atoms with Crippen molar-refractivity contribution >= 4 is 11.8 Å². The summed E-state index contributed by atoms with van der Waals surface area (Å²) < 4.78 is 5.17. The summed E-state index contributed by atoms with van der Waals surface area (Å²) in [7, 11) is 1.63. The van der Waals surface area contributed by atoms with Gasteiger partial charge in [-0.3, -0.25) is 9.59 Å². The molecule has 1 aromatic rings. The van der Waals surface area contributed by atoms with E-state index in [0.29, 0.717) is 19.5 Å². The Labute approximate surface area is 168 Å². The van der Waals surface area contributed by atoms with Crippen LogP contribution >= 0.6 is 0 Å². The highest BCUT2D eigenvalue weighted by atomic mass is 16.5. The molecule has 0 spiro atoms. The maximum atomic E-state index is 12.8. The lowest BCUT2D eigenvalue weighted by molar-refractivity contribution is -0.129. The van der Waals surface area contributed by atoms with E-state index in [2.05, 4.69) is 38.3 Å². The molecule has 28 heavy (non-hydrogen) atoms. The van der Waals surface area contributed by atoms with Crippen LogP contribution in [0.5, 0.6) is 5.75 Å². The van der Waals surface area contributed by atoms with Gasteiger partial charge in [0.15, 0.2) is 0 Å². The van der Waals surface area contributed by atoms with Crippen LogP contribution in [0.4, 0.5) is 0 Å². The summed E-state index contributed by atoms with van der Waals surface area (Å²) in [6, 6.07) is 7.82. The SMILES string of the molecule is COc1ccc(CN2CC(C(=O)NC3CC(C)(C)NC(C)(C)C3)CC2=O)cc1. The fraction of sp³-hybridized carbons (Fsp3) is 0.636. The van der Waals surface area contributed by atoms with Gasteiger partial charge in [-0.1, -0.05) is 12.1 Å². The predicted octanol–water partition coefficient (Wildman–Crippen LogP) is 2.47. The van der Waals surface area contributed by atoms with Crippen LogP contribution in [0.1, 0.15) is 52.5 Å². The first-order chi connectivity index (χ1) is 13.1. The van der Waals surface area contributed by atoms with Gasteiger partial charge in [-0.2, -0.15) is 0 Å². The van der Waals surface area contributed by atoms with E-state index in [1.165, 1.54) is 0 Å². The molecule has 1 aromatic carbocycles. The van der Waals surface area contributed by atoms with Gasteiger partial charge in [0.05, 0.1) is 13.0 Å². The summed E-state index contributed by atoms with van der Waals surface area (Å²) in [5.74, 6) is 0.569. The first kappa shape index (κ1) is 20.6. The highest BCUT2D eigenvalue weighted by Crippen LogP contribution is 2.29. The lowest BCUT2D eigenvalue weighted by Gasteiger charge is -2.46. The number of benzene rings is 1. The minimum Gasteiger partial charge on any atom is -0.497 e. The van der Waals surface area contributed by atoms with E-state index in [4.69, 9.17) is 4.74 Å². The molecule has 2 fully saturated rings. The van der Waals surface area contributed by atoms with Crippen molar-refractivity contribution in [2.75, 3.05) is 13.7 Å². The number of amides is 2. The van der Waals surface area contributed by atoms with E-state index in [1.807, 2.05) is 24.3 Å². The summed E-state index contributed by atoms with van der Waals surface area (Å²) in [4.78, 5) is 27.0. The van der Waals surface area contributed by atoms with Crippen molar-refractivity contribution in [1.29, 1.82) is 0 Å². The summed E-state index contributed by atoms with van der Waals surface area (Å²) in [5.41, 5.74) is 0.994. The fourth-order valence-corrected chi connectivity index (χ4v) is 4.80. The number of likely N-dealkylation sites (tertiary alicyclic amines) is 1. The molecule has 6 nitrogen and oxygen atoms in total. The van der Waals surface area contributed by atoms with Gasteiger partial charge < -0.3 is 20.3 Å². The minimum atomic E-state index is -0.271. The van der Waals surface area contributed by atoms with E-state index in [9.17, 15) is 9.59 Å². The second kappa shape index (κ2) is 7.74. The van der Waals surface area contributed by atoms with Crippen molar-refractivity contribution in [3.8, 4) is 5.75 Å². The van der Waals surface area contributed by atoms with Gasteiger partial charge in [-0.05, 0) is 58.2 Å². The minimum absolute atomic E-state index is 0.00378. The molecular formula is C22H33N3O3. The lowest BCUT2D eigenvalue weighted by Crippen LogP contribution is -2.62. The van der Waals surface area contributed by atoms with E-state index in [-0.39, 0.29) is 34.9 Å². The Balaban J connectivity index is 1.57. The fourth-order valence-electron chi connectivity index (χ4n) is 4.80. The molecule has 6 heteroatoms. The zero-order valence-electron chi connectivity index (χ0n) is 17.7. The molecule has 154 valence electrons. The first-order valence-electron chi connectivity index (χ1n) is 10.1. The second-order valence-corrected chi connectivity index (χ2v) is 9.53. The molecule has 0 radical (unpaired) electrons. The van der Waals surface area contributed by atoms with Crippen LogP contribution in [0.3, 0.4) is 0 Å². The number of piperidine rings is 1. The van der Waals surface area contributed by atoms with Crippen molar-refractivity contribution in [1.82, 2.24) is 15.5 Å². The van der Waals surface area contributed by atoms with Crippen LogP contribution in [0.25, 0.3) is 0 Å². The van der Waals surface area contributed by atoms with Crippen LogP contribution in [0, 0.1) is 5.92 Å². The van der Waals surface area contributed by atoms with Crippen molar-refractivity contribution in [2.24, 2.45) is 5.92 Å². The molecule has 0 saturated carbocycles. The molecule has 1 unspecified atom stereocenters. The third-order valence-corrected chi connectivity index (χ3v) is 5.65. The maximum Gasteiger partial charge on any atom is 0.225 e. The monoisotopic (exact) mass is 387 g/mol. The molecule has 2 amide bonds. The van der Waals surface area contributed by atoms with Crippen LogP contribution in [0.2, 0.25) is 0 Å². The molecule has 2 N–H and O–H groups in total. The summed E-state index contributed by atoms with van der Waals surface area (Å²) >= 11 is 0. The van der Waals surface area contributed by atoms with E-state index in [0.717, 1.165) is 24.2 Å². The normalized spacial score (nSPS) is 24.2. The van der Waals surface area contributed by atoms with Crippen LogP contribution < -0.4 is 15.4 Å². The molecular weight excluding hydrogens is 354 g/mol. The van der Waals surface area contributed by atoms with Gasteiger partial charge in [0.25, 0.3) is 0 Å². The summed E-state index contributed by atoms with van der Waals surface area (Å²) in [6.45, 7) is 9.69. The van der Waals surface area contributed by atoms with E-state index >= 15 is 0 Å². The van der Waals surface area contributed by atoms with Crippen LogP contribution in [-0.4, -0.2) is 47.5 Å². The van der Waals surface area contributed by atoms with Crippen molar-refractivity contribution in [3.63, 3.8) is 0 Å². The number of hydrogen-bond acceptors (Lipinski definition) is 4. The van der Waals surface area contributed by atoms with Gasteiger partial charge >= 0.3 is 0 Å². The highest BCUT2D eigenvalue weighted by Gasteiger charge is 2.40. The second-order valence-electron chi connectivity index (χ2n) is 9.53. The summed E-state index contributed by atoms with van der Waals surface area (Å²) in [5, 5.41) is 6.85. The van der Waals surface area contributed by atoms with E-state index in [1.54, 1.807) is 12.0 Å². The number of rotatable bonds is 5. The zero-order chi connectivity index (χ0) is 20.5. The lowest BCUT2D eigenvalue weighted by atomic mass is 9.79. The Hall–Kier alpha value is -2.08. The van der Waals surface area contributed by atoms with Crippen molar-refractivity contribution in [3.05, 3.63) is 29.8 Å². The van der Waals surface area contributed by atoms with Crippen LogP contribution in [-0.2, 0) is 16.1 Å². The van der Waals surface area contributed by atoms with E-state index < -0.39 is 0 Å². The number of carbonyl (C=O) groups is 2. The van der Waals surface area contributed by atoms with Gasteiger partial charge in [0.2, 0.25) is 11.8 Å². The molecule has 2 saturated heterocycles. The molecule has 1 atom stereocenters. The number of nitrogens with one attached hydrogen (secondary N) is 2. The average molecular weight is 388 g/mol. The third kappa shape index (κ3) is 5.04. The number of ether oxygens (including phenoxy) is 1. The number of hydrogen-bond donors (Lipinski definition) is 2. The predicted molar refractivity (Wildman–Crippen MR) is 109 cm³/mol. The molecule has 3 rings (SSSR count). The largest absolute Gasteiger partial charge is 0.497 e. The highest BCUT2D eigenvalue weighted by molar-refractivity contribution is 5.89. The topological polar surface area (TPSA) is 70.7 Å². The smallest absolute Gasteiger partial charge is 0.225 e. The van der Waals surface area contributed by atoms with Gasteiger partial charge in [0.1, 0.15) is 5.75 Å². The maximum absolute atomic E-state index is 12.8. The van der Waals surface area contributed by atoms with Gasteiger partial charge in [-0.15, -0.1) is 0 Å². The zero-order valence-corrected chi connectivity index (χ0v) is 17.7. The average Bonchev–Trinajstić information content (AvgIpc) is 2.93. The number of carbonyl (C=O) groups excluding carboxylic acids is 2. The molecule has 2 aliphatic heterocycles. The summed E-state index contributed by atoms with van der Waals surface area (Å²) in [6.07, 6.45) is 2.07. The van der Waals surface area contributed by atoms with Crippen molar-refractivity contribution in [2.45, 2.75) is 70.6 Å². The Morgan fingerprint density at radius 3 is 2.36 bits per heavy atom. The van der Waals surface area contributed by atoms with Crippen molar-refractivity contribution < 1.29 is 14.3 Å². The van der Waals surface area contributed by atoms with Gasteiger partial charge in [0, 0.05) is 36.6 Å². The molecule has 0 aromatic heterocycles. The standard InChI is InChI=1S/C22H33N3O3/c1-21(2)11-17(12-22(3,4)24-21)23-20(27)16-10-19(26)25(14-16)13-15-6-8-18(28-5)9-7-15/h6-9,16-17,24H,10-14H2,1-5H3,(H,23,27). The molecule has 0 aliphatic carbocycles. The first-order valence-corrected chi connectivity index (χ1v) is 10.1. The number of methoxy groups -OCH3 is 1. The molecule has 0 bridgehead atoms. The molecule has 2 heterocycles. The Morgan fingerprint density at radius 2 is 1.79 bits per heavy atom. The number of nitrogens with zero attached hydrogens (tertiary/aromatic N) is 1. The Kier molecular flexibility index (Phi) is 5.71. The third-order valence-electron chi connectivity index (χ3n) is 5.65. The quantitative estimate of drug-likeness (QED) is 0.814. The Morgan fingerprint density at radius 1 is 1.18 bits per heavy atom.